The Morgan fingerprint density at radius 1 is 1.25 bits per heavy atom. The van der Waals surface area contributed by atoms with Crippen LogP contribution < -0.4 is 10.1 Å². The minimum Gasteiger partial charge on any atom is -0.489 e. The first-order valence-electron chi connectivity index (χ1n) is 6.74. The fourth-order valence-corrected chi connectivity index (χ4v) is 2.94. The van der Waals surface area contributed by atoms with Crippen LogP contribution in [0.1, 0.15) is 29.2 Å². The van der Waals surface area contributed by atoms with E-state index in [0.29, 0.717) is 12.6 Å². The minimum absolute atomic E-state index is 0.506. The molecule has 0 radical (unpaired) electrons. The Balaban J connectivity index is 1.94. The van der Waals surface area contributed by atoms with Crippen molar-refractivity contribution in [1.82, 2.24) is 5.32 Å². The predicted octanol–water partition coefficient (Wildman–Crippen LogP) is 4.79. The first kappa shape index (κ1) is 15.4. The molecule has 1 heterocycles. The summed E-state index contributed by atoms with van der Waals surface area (Å²) >= 11 is 7.69. The van der Waals surface area contributed by atoms with Crippen molar-refractivity contribution in [2.45, 2.75) is 40.0 Å². The molecule has 1 aromatic heterocycles. The van der Waals surface area contributed by atoms with E-state index < -0.39 is 0 Å². The van der Waals surface area contributed by atoms with Gasteiger partial charge in [0, 0.05) is 32.9 Å². The number of thiophene rings is 1. The quantitative estimate of drug-likeness (QED) is 0.828. The number of benzene rings is 1. The molecule has 0 fully saturated rings. The molecule has 2 rings (SSSR count). The molecule has 0 atom stereocenters. The van der Waals surface area contributed by atoms with Gasteiger partial charge in [0.05, 0.1) is 0 Å². The monoisotopic (exact) mass is 309 g/mol. The summed E-state index contributed by atoms with van der Waals surface area (Å²) in [5, 5.41) is 4.17. The maximum Gasteiger partial charge on any atom is 0.119 e. The van der Waals surface area contributed by atoms with Crippen molar-refractivity contribution in [3.63, 3.8) is 0 Å². The van der Waals surface area contributed by atoms with Gasteiger partial charge in [-0.05, 0) is 37.3 Å². The number of rotatable bonds is 6. The highest BCUT2D eigenvalue weighted by molar-refractivity contribution is 7.12. The molecule has 2 aromatic rings. The van der Waals surface area contributed by atoms with Gasteiger partial charge in [0.1, 0.15) is 12.4 Å². The van der Waals surface area contributed by atoms with Crippen molar-refractivity contribution in [2.24, 2.45) is 0 Å². The first-order chi connectivity index (χ1) is 9.54. The van der Waals surface area contributed by atoms with Gasteiger partial charge in [-0.3, -0.25) is 0 Å². The zero-order valence-corrected chi connectivity index (χ0v) is 13.6. The lowest BCUT2D eigenvalue weighted by Crippen LogP contribution is -2.21. The summed E-state index contributed by atoms with van der Waals surface area (Å²) in [6.07, 6.45) is 0. The van der Waals surface area contributed by atoms with Crippen molar-refractivity contribution < 1.29 is 4.74 Å². The maximum absolute atomic E-state index is 5.86. The number of ether oxygens (including phenoxy) is 1. The molecule has 1 aromatic carbocycles. The minimum atomic E-state index is 0.506. The topological polar surface area (TPSA) is 21.3 Å². The zero-order valence-electron chi connectivity index (χ0n) is 12.1. The van der Waals surface area contributed by atoms with Crippen molar-refractivity contribution in [3.8, 4) is 5.75 Å². The van der Waals surface area contributed by atoms with Crippen LogP contribution in [0, 0.1) is 6.92 Å². The predicted molar refractivity (Wildman–Crippen MR) is 86.8 cm³/mol. The molecular weight excluding hydrogens is 290 g/mol. The van der Waals surface area contributed by atoms with Crippen LogP contribution in [0.2, 0.25) is 5.02 Å². The van der Waals surface area contributed by atoms with Gasteiger partial charge >= 0.3 is 0 Å². The summed E-state index contributed by atoms with van der Waals surface area (Å²) < 4.78 is 5.79. The van der Waals surface area contributed by atoms with E-state index in [2.05, 4.69) is 32.2 Å². The molecule has 0 aliphatic carbocycles. The molecule has 0 aliphatic heterocycles. The second-order valence-electron chi connectivity index (χ2n) is 5.07. The highest BCUT2D eigenvalue weighted by atomic mass is 35.5. The molecule has 2 nitrogen and oxygen atoms in total. The average Bonchev–Trinajstić information content (AvgIpc) is 2.76. The molecule has 0 unspecified atom stereocenters. The second kappa shape index (κ2) is 7.11. The number of hydrogen-bond donors (Lipinski definition) is 1. The normalized spacial score (nSPS) is 11.1. The fourth-order valence-electron chi connectivity index (χ4n) is 1.81. The van der Waals surface area contributed by atoms with E-state index in [1.807, 2.05) is 35.6 Å². The van der Waals surface area contributed by atoms with Crippen molar-refractivity contribution in [2.75, 3.05) is 0 Å². The van der Waals surface area contributed by atoms with Crippen molar-refractivity contribution in [3.05, 3.63) is 50.7 Å². The van der Waals surface area contributed by atoms with Gasteiger partial charge in [-0.2, -0.15) is 0 Å². The van der Waals surface area contributed by atoms with Gasteiger partial charge in [0.15, 0.2) is 0 Å². The maximum atomic E-state index is 5.86. The average molecular weight is 310 g/mol. The van der Waals surface area contributed by atoms with Crippen LogP contribution in [0.3, 0.4) is 0 Å². The Hall–Kier alpha value is -1.03. The number of hydrogen-bond acceptors (Lipinski definition) is 3. The van der Waals surface area contributed by atoms with Crippen LogP contribution in [0.4, 0.5) is 0 Å². The van der Waals surface area contributed by atoms with Gasteiger partial charge < -0.3 is 10.1 Å². The van der Waals surface area contributed by atoms with Crippen LogP contribution in [0.25, 0.3) is 0 Å². The van der Waals surface area contributed by atoms with E-state index in [-0.39, 0.29) is 0 Å². The summed E-state index contributed by atoms with van der Waals surface area (Å²) in [5.41, 5.74) is 1.26. The summed E-state index contributed by atoms with van der Waals surface area (Å²) in [4.78, 5) is 2.67. The van der Waals surface area contributed by atoms with E-state index in [1.54, 1.807) is 0 Å². The highest BCUT2D eigenvalue weighted by Gasteiger charge is 2.07. The zero-order chi connectivity index (χ0) is 14.5. The van der Waals surface area contributed by atoms with Gasteiger partial charge in [-0.25, -0.2) is 0 Å². The van der Waals surface area contributed by atoms with E-state index >= 15 is 0 Å². The number of aryl methyl sites for hydroxylation is 1. The Kier molecular flexibility index (Phi) is 5.46. The Bertz CT molecular complexity index is 548. The van der Waals surface area contributed by atoms with E-state index in [1.165, 1.54) is 15.3 Å². The molecule has 0 aliphatic rings. The third kappa shape index (κ3) is 4.51. The number of nitrogens with one attached hydrogen (secondary N) is 1. The molecule has 4 heteroatoms. The van der Waals surface area contributed by atoms with Gasteiger partial charge in [0.25, 0.3) is 0 Å². The largest absolute Gasteiger partial charge is 0.489 e. The van der Waals surface area contributed by atoms with Gasteiger partial charge in [-0.15, -0.1) is 11.3 Å². The Morgan fingerprint density at radius 3 is 2.60 bits per heavy atom. The molecule has 108 valence electrons. The molecule has 0 saturated carbocycles. The van der Waals surface area contributed by atoms with Gasteiger partial charge in [0.2, 0.25) is 0 Å². The molecule has 1 N–H and O–H groups in total. The fraction of sp³-hybridized carbons (Fsp3) is 0.375. The third-order valence-electron chi connectivity index (χ3n) is 2.96. The Morgan fingerprint density at radius 2 is 1.95 bits per heavy atom. The molecule has 0 amide bonds. The van der Waals surface area contributed by atoms with E-state index in [9.17, 15) is 0 Å². The van der Waals surface area contributed by atoms with E-state index in [0.717, 1.165) is 17.3 Å². The lowest BCUT2D eigenvalue weighted by Gasteiger charge is -2.06. The number of halogens is 1. The molecule has 0 bridgehead atoms. The smallest absolute Gasteiger partial charge is 0.119 e. The van der Waals surface area contributed by atoms with Crippen LogP contribution in [0.15, 0.2) is 30.3 Å². The van der Waals surface area contributed by atoms with Crippen LogP contribution >= 0.6 is 22.9 Å². The standard InChI is InChI=1S/C16H20ClNOS/c1-11(2)18-9-16-8-13(12(3)20-16)10-19-15-6-4-14(17)5-7-15/h4-8,11,18H,9-10H2,1-3H3. The highest BCUT2D eigenvalue weighted by Crippen LogP contribution is 2.24. The summed E-state index contributed by atoms with van der Waals surface area (Å²) in [6.45, 7) is 7.98. The molecule has 20 heavy (non-hydrogen) atoms. The van der Waals surface area contributed by atoms with E-state index in [4.69, 9.17) is 16.3 Å². The Labute approximate surface area is 129 Å². The summed E-state index contributed by atoms with van der Waals surface area (Å²) in [5.74, 6) is 0.849. The van der Waals surface area contributed by atoms with Crippen LogP contribution in [-0.4, -0.2) is 6.04 Å². The molecule has 0 spiro atoms. The SMILES string of the molecule is Cc1sc(CNC(C)C)cc1COc1ccc(Cl)cc1. The van der Waals surface area contributed by atoms with Crippen molar-refractivity contribution in [1.29, 1.82) is 0 Å². The first-order valence-corrected chi connectivity index (χ1v) is 7.94. The van der Waals surface area contributed by atoms with Crippen LogP contribution in [0.5, 0.6) is 5.75 Å². The third-order valence-corrected chi connectivity index (χ3v) is 4.31. The molecule has 0 saturated heterocycles. The lowest BCUT2D eigenvalue weighted by atomic mass is 10.2. The lowest BCUT2D eigenvalue weighted by molar-refractivity contribution is 0.306. The second-order valence-corrected chi connectivity index (χ2v) is 6.85. The summed E-state index contributed by atoms with van der Waals surface area (Å²) in [7, 11) is 0. The molecular formula is C16H20ClNOS. The van der Waals surface area contributed by atoms with Crippen molar-refractivity contribution >= 4 is 22.9 Å². The van der Waals surface area contributed by atoms with Gasteiger partial charge in [-0.1, -0.05) is 25.4 Å². The summed E-state index contributed by atoms with van der Waals surface area (Å²) in [6, 6.07) is 10.2. The van der Waals surface area contributed by atoms with Crippen LogP contribution in [-0.2, 0) is 13.2 Å².